The fourth-order valence-electron chi connectivity index (χ4n) is 1.41. The van der Waals surface area contributed by atoms with Gasteiger partial charge >= 0.3 is 0 Å². The molecule has 92 valence electrons. The van der Waals surface area contributed by atoms with Crippen LogP contribution in [0.5, 0.6) is 0 Å². The van der Waals surface area contributed by atoms with E-state index in [-0.39, 0.29) is 11.9 Å². The minimum atomic E-state index is -0.316. The summed E-state index contributed by atoms with van der Waals surface area (Å²) in [5.74, 6) is 5.63. The second-order valence-electron chi connectivity index (χ2n) is 3.55. The molecule has 0 saturated carbocycles. The number of pyridine rings is 1. The van der Waals surface area contributed by atoms with Crippen molar-refractivity contribution in [2.75, 3.05) is 10.7 Å². The van der Waals surface area contributed by atoms with Crippen molar-refractivity contribution in [3.8, 4) is 0 Å². The van der Waals surface area contributed by atoms with Gasteiger partial charge in [-0.1, -0.05) is 0 Å². The maximum absolute atomic E-state index is 11.9. The number of hydrogen-bond acceptors (Lipinski definition) is 6. The molecule has 0 aromatic carbocycles. The van der Waals surface area contributed by atoms with Crippen LogP contribution in [0.4, 0.5) is 11.8 Å². The summed E-state index contributed by atoms with van der Waals surface area (Å²) in [4.78, 5) is 23.9. The molecule has 0 atom stereocenters. The maximum atomic E-state index is 11.9. The van der Waals surface area contributed by atoms with Gasteiger partial charge in [-0.2, -0.15) is 0 Å². The Labute approximate surface area is 103 Å². The van der Waals surface area contributed by atoms with Gasteiger partial charge in [-0.25, -0.2) is 20.8 Å². The predicted molar refractivity (Wildman–Crippen MR) is 66.8 cm³/mol. The van der Waals surface area contributed by atoms with Crippen molar-refractivity contribution in [3.05, 3.63) is 41.9 Å². The average Bonchev–Trinajstić information content (AvgIpc) is 2.39. The largest absolute Gasteiger partial charge is 0.308 e. The molecule has 7 nitrogen and oxygen atoms in total. The van der Waals surface area contributed by atoms with E-state index in [2.05, 4.69) is 25.7 Å². The number of hydrazine groups is 1. The predicted octanol–water partition coefficient (Wildman–Crippen LogP) is 0.718. The Morgan fingerprint density at radius 3 is 2.67 bits per heavy atom. The third kappa shape index (κ3) is 2.77. The maximum Gasteiger partial charge on any atom is 0.258 e. The quantitative estimate of drug-likeness (QED) is 0.542. The molecule has 0 saturated heterocycles. The van der Waals surface area contributed by atoms with Gasteiger partial charge in [-0.15, -0.1) is 0 Å². The first kappa shape index (κ1) is 11.9. The van der Waals surface area contributed by atoms with Crippen LogP contribution in [0.3, 0.4) is 0 Å². The molecular formula is C11H12N6O. The normalized spacial score (nSPS) is 9.89. The Bertz CT molecular complexity index is 557. The van der Waals surface area contributed by atoms with Crippen LogP contribution in [0.1, 0.15) is 16.1 Å². The van der Waals surface area contributed by atoms with Gasteiger partial charge in [0.1, 0.15) is 5.82 Å². The van der Waals surface area contributed by atoms with Gasteiger partial charge in [0, 0.05) is 23.7 Å². The minimum absolute atomic E-state index is 0.249. The second kappa shape index (κ2) is 5.19. The van der Waals surface area contributed by atoms with Gasteiger partial charge in [0.25, 0.3) is 5.91 Å². The summed E-state index contributed by atoms with van der Waals surface area (Å²) in [5, 5.41) is 2.58. The van der Waals surface area contributed by atoms with Crippen LogP contribution in [0.15, 0.2) is 30.6 Å². The molecule has 0 fully saturated rings. The van der Waals surface area contributed by atoms with E-state index in [1.165, 1.54) is 0 Å². The summed E-state index contributed by atoms with van der Waals surface area (Å²) in [6, 6.07) is 4.87. The number of carbonyl (C=O) groups is 1. The van der Waals surface area contributed by atoms with Gasteiger partial charge < -0.3 is 5.43 Å². The zero-order chi connectivity index (χ0) is 13.0. The van der Waals surface area contributed by atoms with Crippen LogP contribution < -0.4 is 16.6 Å². The molecule has 0 aliphatic heterocycles. The lowest BCUT2D eigenvalue weighted by molar-refractivity contribution is 0.102. The van der Waals surface area contributed by atoms with Gasteiger partial charge in [0.05, 0.1) is 0 Å². The molecule has 0 spiro atoms. The highest BCUT2D eigenvalue weighted by molar-refractivity contribution is 6.03. The van der Waals surface area contributed by atoms with Gasteiger partial charge in [-0.05, 0) is 25.1 Å². The lowest BCUT2D eigenvalue weighted by Gasteiger charge is -2.06. The molecule has 0 bridgehead atoms. The first-order chi connectivity index (χ1) is 8.69. The number of carbonyl (C=O) groups excluding carboxylic acids is 1. The lowest BCUT2D eigenvalue weighted by atomic mass is 10.2. The highest BCUT2D eigenvalue weighted by Gasteiger charge is 2.09. The van der Waals surface area contributed by atoms with Crippen molar-refractivity contribution in [1.82, 2.24) is 15.0 Å². The highest BCUT2D eigenvalue weighted by atomic mass is 16.1. The molecule has 0 aliphatic rings. The number of anilines is 2. The van der Waals surface area contributed by atoms with E-state index in [4.69, 9.17) is 5.84 Å². The summed E-state index contributed by atoms with van der Waals surface area (Å²) < 4.78 is 0. The summed E-state index contributed by atoms with van der Waals surface area (Å²) in [7, 11) is 0. The summed E-state index contributed by atoms with van der Waals surface area (Å²) >= 11 is 0. The van der Waals surface area contributed by atoms with Crippen LogP contribution in [0.2, 0.25) is 0 Å². The summed E-state index contributed by atoms with van der Waals surface area (Å²) in [6.07, 6.45) is 3.10. The van der Waals surface area contributed by atoms with Crippen LogP contribution in [0.25, 0.3) is 0 Å². The molecule has 18 heavy (non-hydrogen) atoms. The molecule has 4 N–H and O–H groups in total. The lowest BCUT2D eigenvalue weighted by Crippen LogP contribution is -2.16. The van der Waals surface area contributed by atoms with Crippen molar-refractivity contribution in [2.45, 2.75) is 6.92 Å². The van der Waals surface area contributed by atoms with Crippen molar-refractivity contribution in [1.29, 1.82) is 0 Å². The number of amides is 1. The topological polar surface area (TPSA) is 106 Å². The SMILES string of the molecule is Cc1cc(C(=O)Nc2ncccn2)cc(NN)n1. The standard InChI is InChI=1S/C11H12N6O/c1-7-5-8(6-9(15-7)17-12)10(18)16-11-13-3-2-4-14-11/h2-6H,12H2,1H3,(H,15,17)(H,13,14,16,18). The molecule has 2 rings (SSSR count). The van der Waals surface area contributed by atoms with Gasteiger partial charge in [0.15, 0.2) is 0 Å². The summed E-state index contributed by atoms with van der Waals surface area (Å²) in [5.41, 5.74) is 3.52. The fourth-order valence-corrected chi connectivity index (χ4v) is 1.41. The molecule has 7 heteroatoms. The number of nitrogens with one attached hydrogen (secondary N) is 2. The number of nitrogens with two attached hydrogens (primary N) is 1. The van der Waals surface area contributed by atoms with E-state index in [1.807, 2.05) is 0 Å². The zero-order valence-electron chi connectivity index (χ0n) is 9.71. The molecule has 0 unspecified atom stereocenters. The van der Waals surface area contributed by atoms with Crippen molar-refractivity contribution in [2.24, 2.45) is 5.84 Å². The number of nitrogens with zero attached hydrogens (tertiary/aromatic N) is 3. The van der Waals surface area contributed by atoms with E-state index >= 15 is 0 Å². The molecule has 1 amide bonds. The summed E-state index contributed by atoms with van der Waals surface area (Å²) in [6.45, 7) is 1.77. The van der Waals surface area contributed by atoms with Crippen molar-refractivity contribution < 1.29 is 4.79 Å². The number of aryl methyl sites for hydroxylation is 1. The van der Waals surface area contributed by atoms with E-state index in [9.17, 15) is 4.79 Å². The Morgan fingerprint density at radius 1 is 1.28 bits per heavy atom. The van der Waals surface area contributed by atoms with E-state index in [0.29, 0.717) is 17.1 Å². The third-order valence-corrected chi connectivity index (χ3v) is 2.15. The Balaban J connectivity index is 2.21. The van der Waals surface area contributed by atoms with Crippen LogP contribution in [0, 0.1) is 6.92 Å². The first-order valence-electron chi connectivity index (χ1n) is 5.22. The molecule has 0 radical (unpaired) electrons. The molecular weight excluding hydrogens is 232 g/mol. The zero-order valence-corrected chi connectivity index (χ0v) is 9.71. The van der Waals surface area contributed by atoms with Crippen molar-refractivity contribution in [3.63, 3.8) is 0 Å². The Morgan fingerprint density at radius 2 is 2.00 bits per heavy atom. The fraction of sp³-hybridized carbons (Fsp3) is 0.0909. The van der Waals surface area contributed by atoms with Crippen LogP contribution in [-0.2, 0) is 0 Å². The highest BCUT2D eigenvalue weighted by Crippen LogP contribution is 2.10. The van der Waals surface area contributed by atoms with E-state index in [1.54, 1.807) is 37.5 Å². The van der Waals surface area contributed by atoms with E-state index in [0.717, 1.165) is 0 Å². The first-order valence-corrected chi connectivity index (χ1v) is 5.22. The average molecular weight is 244 g/mol. The van der Waals surface area contributed by atoms with Gasteiger partial charge in [0.2, 0.25) is 5.95 Å². The van der Waals surface area contributed by atoms with Crippen LogP contribution in [-0.4, -0.2) is 20.9 Å². The second-order valence-corrected chi connectivity index (χ2v) is 3.55. The molecule has 0 aliphatic carbocycles. The number of rotatable bonds is 3. The van der Waals surface area contributed by atoms with Crippen molar-refractivity contribution >= 4 is 17.7 Å². The number of nitrogen functional groups attached to an aromatic ring is 1. The smallest absolute Gasteiger partial charge is 0.258 e. The van der Waals surface area contributed by atoms with Gasteiger partial charge in [-0.3, -0.25) is 10.1 Å². The Hall–Kier alpha value is -2.54. The molecule has 2 heterocycles. The molecule has 2 aromatic heterocycles. The number of aromatic nitrogens is 3. The Kier molecular flexibility index (Phi) is 3.44. The van der Waals surface area contributed by atoms with Crippen LogP contribution >= 0.6 is 0 Å². The molecule has 2 aromatic rings. The minimum Gasteiger partial charge on any atom is -0.308 e. The number of hydrogen-bond donors (Lipinski definition) is 3. The monoisotopic (exact) mass is 244 g/mol. The van der Waals surface area contributed by atoms with E-state index < -0.39 is 0 Å². The third-order valence-electron chi connectivity index (χ3n) is 2.15.